The van der Waals surface area contributed by atoms with Gasteiger partial charge >= 0.3 is 5.69 Å². The van der Waals surface area contributed by atoms with Crippen LogP contribution < -0.4 is 16.7 Å². The number of hydrogen-bond acceptors (Lipinski definition) is 7. The molecule has 0 fully saturated rings. The first-order valence-electron chi connectivity index (χ1n) is 6.81. The highest BCUT2D eigenvalue weighted by atomic mass is 16.7. The highest BCUT2D eigenvalue weighted by Crippen LogP contribution is 2.10. The van der Waals surface area contributed by atoms with Crippen molar-refractivity contribution in [2.75, 3.05) is 34.0 Å². The van der Waals surface area contributed by atoms with E-state index < -0.39 is 23.6 Å². The lowest BCUT2D eigenvalue weighted by molar-refractivity contribution is -0.152. The van der Waals surface area contributed by atoms with Crippen LogP contribution >= 0.6 is 0 Å². The molecule has 1 unspecified atom stereocenters. The minimum absolute atomic E-state index is 0.00569. The van der Waals surface area contributed by atoms with E-state index in [4.69, 9.17) is 19.0 Å². The van der Waals surface area contributed by atoms with Crippen molar-refractivity contribution < 1.29 is 23.8 Å². The first-order valence-corrected chi connectivity index (χ1v) is 6.81. The van der Waals surface area contributed by atoms with E-state index in [1.165, 1.54) is 38.0 Å². The van der Waals surface area contributed by atoms with Gasteiger partial charge in [0, 0.05) is 33.4 Å². The Hall–Kier alpha value is -2.01. The van der Waals surface area contributed by atoms with E-state index in [1.807, 2.05) is 0 Å². The number of carbonyl (C=O) groups excluding carboxylic acids is 1. The first-order chi connectivity index (χ1) is 11.0. The van der Waals surface area contributed by atoms with E-state index in [2.05, 4.69) is 10.5 Å². The highest BCUT2D eigenvalue weighted by Gasteiger charge is 2.20. The van der Waals surface area contributed by atoms with E-state index in [0.717, 1.165) is 0 Å². The fourth-order valence-corrected chi connectivity index (χ4v) is 1.75. The molecule has 10 nitrogen and oxygen atoms in total. The van der Waals surface area contributed by atoms with Crippen LogP contribution in [-0.4, -0.2) is 55.6 Å². The monoisotopic (exact) mass is 331 g/mol. The number of aromatic amines is 1. The Balaban J connectivity index is 2.83. The molecule has 10 heteroatoms. The van der Waals surface area contributed by atoms with Crippen LogP contribution in [-0.2, 0) is 23.8 Å². The Kier molecular flexibility index (Phi) is 8.19. The van der Waals surface area contributed by atoms with Crippen molar-refractivity contribution in [3.05, 3.63) is 33.1 Å². The molecule has 0 bridgehead atoms. The van der Waals surface area contributed by atoms with Gasteiger partial charge in [-0.15, -0.1) is 0 Å². The van der Waals surface area contributed by atoms with Crippen LogP contribution in [0.2, 0.25) is 0 Å². The lowest BCUT2D eigenvalue weighted by Crippen LogP contribution is -2.39. The quantitative estimate of drug-likeness (QED) is 0.516. The van der Waals surface area contributed by atoms with Crippen molar-refractivity contribution >= 4 is 5.91 Å². The van der Waals surface area contributed by atoms with Gasteiger partial charge in [-0.2, -0.15) is 0 Å². The largest absolute Gasteiger partial charge is 0.382 e. The highest BCUT2D eigenvalue weighted by molar-refractivity contribution is 5.71. The Morgan fingerprint density at radius 2 is 1.96 bits per heavy atom. The van der Waals surface area contributed by atoms with Crippen LogP contribution in [0.3, 0.4) is 0 Å². The lowest BCUT2D eigenvalue weighted by atomic mass is 10.4. The molecule has 0 aliphatic carbocycles. The molecular formula is C13H21N3O7. The summed E-state index contributed by atoms with van der Waals surface area (Å²) in [5, 5.41) is 0. The molecule has 0 aromatic carbocycles. The Labute approximate surface area is 132 Å². The molecule has 1 amide bonds. The molecule has 0 spiro atoms. The topological polar surface area (TPSA) is 121 Å². The number of ether oxygens (including phenoxy) is 3. The predicted molar refractivity (Wildman–Crippen MR) is 78.8 cm³/mol. The number of aromatic nitrogens is 2. The first kappa shape index (κ1) is 19.0. The van der Waals surface area contributed by atoms with Crippen LogP contribution in [0.5, 0.6) is 0 Å². The predicted octanol–water partition coefficient (Wildman–Crippen LogP) is -1.22. The number of carbonyl (C=O) groups is 1. The molecule has 1 rings (SSSR count). The second-order valence-corrected chi connectivity index (χ2v) is 4.61. The lowest BCUT2D eigenvalue weighted by Gasteiger charge is -2.25. The molecule has 2 atom stereocenters. The maximum absolute atomic E-state index is 11.9. The van der Waals surface area contributed by atoms with Gasteiger partial charge in [-0.3, -0.25) is 24.0 Å². The minimum atomic E-state index is -0.801. The van der Waals surface area contributed by atoms with Gasteiger partial charge in [0.1, 0.15) is 12.7 Å². The average molecular weight is 331 g/mol. The summed E-state index contributed by atoms with van der Waals surface area (Å²) < 4.78 is 17.0. The van der Waals surface area contributed by atoms with Gasteiger partial charge in [0.2, 0.25) is 5.91 Å². The van der Waals surface area contributed by atoms with E-state index in [9.17, 15) is 14.4 Å². The zero-order valence-corrected chi connectivity index (χ0v) is 13.2. The number of rotatable bonds is 10. The van der Waals surface area contributed by atoms with Gasteiger partial charge in [-0.05, 0) is 0 Å². The van der Waals surface area contributed by atoms with E-state index in [1.54, 1.807) is 0 Å². The molecule has 1 aromatic rings. The van der Waals surface area contributed by atoms with Gasteiger partial charge in [-0.25, -0.2) is 10.3 Å². The number of hydrogen-bond donors (Lipinski definition) is 2. The number of methoxy groups -OCH3 is 2. The maximum atomic E-state index is 11.9. The molecule has 2 N–H and O–H groups in total. The molecule has 0 aliphatic rings. The van der Waals surface area contributed by atoms with Crippen LogP contribution in [0.15, 0.2) is 21.9 Å². The molecular weight excluding hydrogens is 310 g/mol. The summed E-state index contributed by atoms with van der Waals surface area (Å²) in [4.78, 5) is 40.9. The average Bonchev–Trinajstić information content (AvgIpc) is 2.46. The van der Waals surface area contributed by atoms with E-state index >= 15 is 0 Å². The molecule has 130 valence electrons. The molecule has 1 heterocycles. The summed E-state index contributed by atoms with van der Waals surface area (Å²) in [5.41, 5.74) is 1.04. The van der Waals surface area contributed by atoms with Gasteiger partial charge in [0.05, 0.1) is 13.2 Å². The fraction of sp³-hybridized carbons (Fsp3) is 0.615. The summed E-state index contributed by atoms with van der Waals surface area (Å²) in [6.45, 7) is 1.54. The second kappa shape index (κ2) is 9.90. The SMILES string of the molecule is COCC(CONC(C)=O)O[C@H](COC)n1ccc(=O)[nH]c1=O. The van der Waals surface area contributed by atoms with Gasteiger partial charge in [0.15, 0.2) is 6.23 Å². The minimum Gasteiger partial charge on any atom is -0.382 e. The van der Waals surface area contributed by atoms with Crippen molar-refractivity contribution in [3.63, 3.8) is 0 Å². The number of nitrogens with zero attached hydrogens (tertiary/aromatic N) is 1. The molecule has 1 aromatic heterocycles. The smallest absolute Gasteiger partial charge is 0.330 e. The third kappa shape index (κ3) is 6.74. The molecule has 0 aliphatic heterocycles. The van der Waals surface area contributed by atoms with Crippen molar-refractivity contribution in [1.82, 2.24) is 15.0 Å². The maximum Gasteiger partial charge on any atom is 0.330 e. The van der Waals surface area contributed by atoms with Gasteiger partial charge in [-0.1, -0.05) is 0 Å². The van der Waals surface area contributed by atoms with Crippen molar-refractivity contribution in [2.24, 2.45) is 0 Å². The zero-order chi connectivity index (χ0) is 17.2. The molecule has 0 radical (unpaired) electrons. The van der Waals surface area contributed by atoms with Crippen molar-refractivity contribution in [3.8, 4) is 0 Å². The Morgan fingerprint density at radius 3 is 2.52 bits per heavy atom. The molecule has 0 saturated heterocycles. The summed E-state index contributed by atoms with van der Waals surface area (Å²) in [5.74, 6) is -0.355. The third-order valence-corrected chi connectivity index (χ3v) is 2.66. The fourth-order valence-electron chi connectivity index (χ4n) is 1.75. The van der Waals surface area contributed by atoms with E-state index in [0.29, 0.717) is 0 Å². The summed E-state index contributed by atoms with van der Waals surface area (Å²) in [6, 6.07) is 1.20. The number of nitrogens with one attached hydrogen (secondary N) is 2. The Bertz CT molecular complexity index is 598. The van der Waals surface area contributed by atoms with Crippen molar-refractivity contribution in [2.45, 2.75) is 19.3 Å². The number of amides is 1. The van der Waals surface area contributed by atoms with Crippen LogP contribution in [0.4, 0.5) is 0 Å². The standard InChI is InChI=1S/C13H21N3O7/c1-9(17)15-22-7-10(6-20-2)23-12(8-21-3)16-5-4-11(18)14-13(16)19/h4-5,10,12H,6-8H2,1-3H3,(H,15,17)(H,14,18,19)/t10?,12-/m1/s1. The normalized spacial score (nSPS) is 13.5. The van der Waals surface area contributed by atoms with Crippen LogP contribution in [0.1, 0.15) is 13.2 Å². The second-order valence-electron chi connectivity index (χ2n) is 4.61. The van der Waals surface area contributed by atoms with Gasteiger partial charge < -0.3 is 14.2 Å². The zero-order valence-electron chi connectivity index (χ0n) is 13.2. The summed E-state index contributed by atoms with van der Waals surface area (Å²) in [6.07, 6.45) is -0.0695. The number of H-pyrrole nitrogens is 1. The summed E-state index contributed by atoms with van der Waals surface area (Å²) >= 11 is 0. The van der Waals surface area contributed by atoms with Crippen molar-refractivity contribution in [1.29, 1.82) is 0 Å². The third-order valence-electron chi connectivity index (χ3n) is 2.66. The Morgan fingerprint density at radius 1 is 1.26 bits per heavy atom. The molecule has 0 saturated carbocycles. The number of hydroxylamine groups is 1. The van der Waals surface area contributed by atoms with Crippen LogP contribution in [0.25, 0.3) is 0 Å². The molecule has 23 heavy (non-hydrogen) atoms. The van der Waals surface area contributed by atoms with Crippen LogP contribution in [0, 0.1) is 0 Å². The van der Waals surface area contributed by atoms with E-state index in [-0.39, 0.29) is 25.7 Å². The van der Waals surface area contributed by atoms with Gasteiger partial charge in [0.25, 0.3) is 5.56 Å². The summed E-state index contributed by atoms with van der Waals surface area (Å²) in [7, 11) is 2.93.